The van der Waals surface area contributed by atoms with Crippen molar-refractivity contribution < 1.29 is 8.78 Å². The third-order valence-electron chi connectivity index (χ3n) is 5.80. The molecule has 1 atom stereocenters. The molecular weight excluding hydrogens is 446 g/mol. The molecule has 4 rings (SSSR count). The van der Waals surface area contributed by atoms with E-state index in [0.717, 1.165) is 21.6 Å². The van der Waals surface area contributed by atoms with Gasteiger partial charge >= 0.3 is 5.69 Å². The number of aromatic nitrogens is 3. The van der Waals surface area contributed by atoms with Gasteiger partial charge in [0.15, 0.2) is 0 Å². The van der Waals surface area contributed by atoms with Crippen molar-refractivity contribution >= 4 is 17.0 Å². The number of hydrogen-bond donors (Lipinski definition) is 1. The summed E-state index contributed by atoms with van der Waals surface area (Å²) in [6.07, 6.45) is 0. The highest BCUT2D eigenvalue weighted by molar-refractivity contribution is 7.10. The summed E-state index contributed by atoms with van der Waals surface area (Å²) in [7, 11) is 0. The number of aryl methyl sites for hydroxylation is 1. The Morgan fingerprint density at radius 2 is 1.70 bits per heavy atom. The van der Waals surface area contributed by atoms with Gasteiger partial charge in [0, 0.05) is 21.8 Å². The molecule has 0 bridgehead atoms. The summed E-state index contributed by atoms with van der Waals surface area (Å²) in [5.74, 6) is -1.53. The molecule has 0 radical (unpaired) electrons. The zero-order valence-electron chi connectivity index (χ0n) is 18.3. The predicted molar refractivity (Wildman–Crippen MR) is 126 cm³/mol. The fourth-order valence-electron chi connectivity index (χ4n) is 3.88. The van der Waals surface area contributed by atoms with Gasteiger partial charge in [-0.2, -0.15) is 0 Å². The molecule has 2 N–H and O–H groups in total. The van der Waals surface area contributed by atoms with Crippen molar-refractivity contribution in [2.45, 2.75) is 33.4 Å². The third-order valence-corrected chi connectivity index (χ3v) is 6.56. The zero-order valence-corrected chi connectivity index (χ0v) is 19.1. The smallest absolute Gasteiger partial charge is 0.332 e. The van der Waals surface area contributed by atoms with Gasteiger partial charge in [0.25, 0.3) is 5.56 Å². The molecule has 4 aromatic rings. The number of nitrogen functional groups attached to an aromatic ring is 1. The number of halogens is 2. The first-order chi connectivity index (χ1) is 15.7. The topological polar surface area (TPSA) is 82.9 Å². The molecule has 0 aliphatic rings. The Kier molecular flexibility index (Phi) is 5.99. The van der Waals surface area contributed by atoms with Crippen molar-refractivity contribution in [2.75, 3.05) is 5.73 Å². The van der Waals surface area contributed by atoms with Gasteiger partial charge < -0.3 is 5.73 Å². The standard InChI is InChI=1S/C24H22F2N4O2S/c1-13(16-7-9-17(27)10-8-16)30-23(31)21(22-15(3)33-12-28-22)14(2)29(24(30)32)11-18-19(25)5-4-6-20(18)26/h4-10,12-13H,11,27H2,1-3H3/t13-/m1/s1. The summed E-state index contributed by atoms with van der Waals surface area (Å²) in [6.45, 7) is 4.77. The quantitative estimate of drug-likeness (QED) is 0.444. The molecule has 0 aliphatic heterocycles. The zero-order chi connectivity index (χ0) is 23.9. The average molecular weight is 469 g/mol. The summed E-state index contributed by atoms with van der Waals surface area (Å²) < 4.78 is 31.2. The average Bonchev–Trinajstić information content (AvgIpc) is 3.19. The normalized spacial score (nSPS) is 12.2. The highest BCUT2D eigenvalue weighted by Gasteiger charge is 2.25. The van der Waals surface area contributed by atoms with Gasteiger partial charge in [-0.3, -0.25) is 13.9 Å². The van der Waals surface area contributed by atoms with E-state index in [0.29, 0.717) is 22.6 Å². The molecule has 2 aromatic heterocycles. The first-order valence-electron chi connectivity index (χ1n) is 10.3. The second-order valence-corrected chi connectivity index (χ2v) is 8.86. The molecular formula is C24H22F2N4O2S. The van der Waals surface area contributed by atoms with Crippen LogP contribution in [0.4, 0.5) is 14.5 Å². The molecule has 0 saturated heterocycles. The van der Waals surface area contributed by atoms with Gasteiger partial charge in [-0.25, -0.2) is 18.6 Å². The number of thiazole rings is 1. The number of nitrogens with two attached hydrogens (primary N) is 1. The van der Waals surface area contributed by atoms with Crippen LogP contribution < -0.4 is 17.0 Å². The van der Waals surface area contributed by atoms with Crippen molar-refractivity contribution in [1.29, 1.82) is 0 Å². The maximum Gasteiger partial charge on any atom is 0.332 e. The Morgan fingerprint density at radius 1 is 1.06 bits per heavy atom. The fourth-order valence-corrected chi connectivity index (χ4v) is 4.46. The molecule has 0 spiro atoms. The van der Waals surface area contributed by atoms with Crippen LogP contribution in [0.5, 0.6) is 0 Å². The van der Waals surface area contributed by atoms with Crippen molar-refractivity contribution in [3.63, 3.8) is 0 Å². The molecule has 0 amide bonds. The lowest BCUT2D eigenvalue weighted by Gasteiger charge is -2.21. The Bertz CT molecular complexity index is 1430. The lowest BCUT2D eigenvalue weighted by atomic mass is 10.1. The van der Waals surface area contributed by atoms with Crippen LogP contribution in [0.15, 0.2) is 57.6 Å². The first kappa shape index (κ1) is 22.6. The SMILES string of the molecule is Cc1scnc1-c1c(C)n(Cc2c(F)cccc2F)c(=O)n([C@H](C)c2ccc(N)cc2)c1=O. The summed E-state index contributed by atoms with van der Waals surface area (Å²) in [5, 5.41) is 0. The van der Waals surface area contributed by atoms with Gasteiger partial charge in [-0.05, 0) is 50.6 Å². The number of benzene rings is 2. The summed E-state index contributed by atoms with van der Waals surface area (Å²) in [4.78, 5) is 32.3. The predicted octanol–water partition coefficient (Wildman–Crippen LogP) is 4.27. The molecule has 2 heterocycles. The molecule has 170 valence electrons. The third kappa shape index (κ3) is 4.00. The second kappa shape index (κ2) is 8.74. The van der Waals surface area contributed by atoms with Crippen molar-refractivity contribution in [1.82, 2.24) is 14.1 Å². The first-order valence-corrected chi connectivity index (χ1v) is 11.1. The number of nitrogens with zero attached hydrogens (tertiary/aromatic N) is 3. The van der Waals surface area contributed by atoms with Crippen molar-refractivity contribution in [3.05, 3.63) is 102 Å². The number of hydrogen-bond acceptors (Lipinski definition) is 5. The Hall–Kier alpha value is -3.59. The largest absolute Gasteiger partial charge is 0.399 e. The minimum absolute atomic E-state index is 0.229. The molecule has 9 heteroatoms. The van der Waals surface area contributed by atoms with Gasteiger partial charge in [-0.15, -0.1) is 11.3 Å². The van der Waals surface area contributed by atoms with Crippen LogP contribution in [-0.4, -0.2) is 14.1 Å². The monoisotopic (exact) mass is 468 g/mol. The number of rotatable bonds is 5. The molecule has 0 saturated carbocycles. The maximum atomic E-state index is 14.4. The van der Waals surface area contributed by atoms with Crippen LogP contribution in [0.25, 0.3) is 11.3 Å². The molecule has 2 aromatic carbocycles. The molecule has 6 nitrogen and oxygen atoms in total. The summed E-state index contributed by atoms with van der Waals surface area (Å²) >= 11 is 1.37. The minimum atomic E-state index is -0.767. The van der Waals surface area contributed by atoms with E-state index >= 15 is 0 Å². The van der Waals surface area contributed by atoms with E-state index in [9.17, 15) is 18.4 Å². The van der Waals surface area contributed by atoms with Gasteiger partial charge in [0.05, 0.1) is 29.4 Å². The summed E-state index contributed by atoms with van der Waals surface area (Å²) in [5.41, 5.74) is 8.17. The maximum absolute atomic E-state index is 14.4. The van der Waals surface area contributed by atoms with Gasteiger partial charge in [0.2, 0.25) is 0 Å². The second-order valence-electron chi connectivity index (χ2n) is 7.80. The summed E-state index contributed by atoms with van der Waals surface area (Å²) in [6, 6.07) is 9.72. The molecule has 33 heavy (non-hydrogen) atoms. The van der Waals surface area contributed by atoms with E-state index in [1.54, 1.807) is 43.6 Å². The van der Waals surface area contributed by atoms with Gasteiger partial charge in [0.1, 0.15) is 11.6 Å². The lowest BCUT2D eigenvalue weighted by molar-refractivity contribution is 0.505. The van der Waals surface area contributed by atoms with Crippen molar-refractivity contribution in [3.8, 4) is 11.3 Å². The Morgan fingerprint density at radius 3 is 2.27 bits per heavy atom. The molecule has 0 unspecified atom stereocenters. The fraction of sp³-hybridized carbons (Fsp3) is 0.208. The van der Waals surface area contributed by atoms with E-state index in [2.05, 4.69) is 4.98 Å². The van der Waals surface area contributed by atoms with E-state index in [-0.39, 0.29) is 17.7 Å². The van der Waals surface area contributed by atoms with Crippen LogP contribution in [0.2, 0.25) is 0 Å². The highest BCUT2D eigenvalue weighted by atomic mass is 32.1. The minimum Gasteiger partial charge on any atom is -0.399 e. The highest BCUT2D eigenvalue weighted by Crippen LogP contribution is 2.26. The van der Waals surface area contributed by atoms with Gasteiger partial charge in [-0.1, -0.05) is 18.2 Å². The van der Waals surface area contributed by atoms with Crippen LogP contribution in [0.3, 0.4) is 0 Å². The van der Waals surface area contributed by atoms with E-state index in [1.165, 1.54) is 22.0 Å². The molecule has 0 aliphatic carbocycles. The van der Waals surface area contributed by atoms with Crippen LogP contribution in [0, 0.1) is 25.5 Å². The van der Waals surface area contributed by atoms with E-state index in [4.69, 9.17) is 5.73 Å². The van der Waals surface area contributed by atoms with Crippen LogP contribution >= 0.6 is 11.3 Å². The Labute approximate surface area is 192 Å². The Balaban J connectivity index is 2.01. The lowest BCUT2D eigenvalue weighted by Crippen LogP contribution is -2.44. The van der Waals surface area contributed by atoms with Crippen LogP contribution in [0.1, 0.15) is 34.7 Å². The van der Waals surface area contributed by atoms with Crippen molar-refractivity contribution in [2.24, 2.45) is 0 Å². The van der Waals surface area contributed by atoms with E-state index < -0.39 is 28.9 Å². The van der Waals surface area contributed by atoms with E-state index in [1.807, 2.05) is 6.92 Å². The molecule has 0 fully saturated rings. The number of anilines is 1. The van der Waals surface area contributed by atoms with Crippen LogP contribution in [-0.2, 0) is 6.54 Å².